The van der Waals surface area contributed by atoms with E-state index >= 15 is 0 Å². The molecule has 0 saturated carbocycles. The Kier molecular flexibility index (Phi) is 2.22. The van der Waals surface area contributed by atoms with Gasteiger partial charge in [0.25, 0.3) is 0 Å². The summed E-state index contributed by atoms with van der Waals surface area (Å²) < 4.78 is 19.2. The lowest BCUT2D eigenvalue weighted by Crippen LogP contribution is -2.20. The predicted molar refractivity (Wildman–Crippen MR) is 54.3 cm³/mol. The SMILES string of the molecule is Cc1cc2c(c(C)c1F)OC(C)CC2. The average Bonchev–Trinajstić information content (AvgIpc) is 2.16. The summed E-state index contributed by atoms with van der Waals surface area (Å²) in [6.07, 6.45) is 2.24. The number of aryl methyl sites for hydroxylation is 2. The van der Waals surface area contributed by atoms with E-state index in [2.05, 4.69) is 0 Å². The summed E-state index contributed by atoms with van der Waals surface area (Å²) in [5.74, 6) is 0.643. The van der Waals surface area contributed by atoms with Crippen molar-refractivity contribution >= 4 is 0 Å². The normalized spacial score (nSPS) is 20.1. The minimum Gasteiger partial charge on any atom is -0.490 e. The molecule has 2 rings (SSSR count). The molecule has 0 N–H and O–H groups in total. The Bertz CT molecular complexity index is 371. The van der Waals surface area contributed by atoms with Crippen LogP contribution in [0.4, 0.5) is 4.39 Å². The van der Waals surface area contributed by atoms with Gasteiger partial charge in [-0.25, -0.2) is 4.39 Å². The highest BCUT2D eigenvalue weighted by Gasteiger charge is 2.20. The van der Waals surface area contributed by atoms with Gasteiger partial charge in [-0.15, -0.1) is 0 Å². The van der Waals surface area contributed by atoms with E-state index in [1.807, 2.05) is 13.0 Å². The summed E-state index contributed by atoms with van der Waals surface area (Å²) in [7, 11) is 0. The molecule has 1 heterocycles. The van der Waals surface area contributed by atoms with Gasteiger partial charge in [0.05, 0.1) is 6.10 Å². The number of fused-ring (bicyclic) bond motifs is 1. The van der Waals surface area contributed by atoms with E-state index in [-0.39, 0.29) is 11.9 Å². The van der Waals surface area contributed by atoms with Crippen molar-refractivity contribution in [3.8, 4) is 5.75 Å². The Morgan fingerprint density at radius 1 is 1.43 bits per heavy atom. The molecule has 0 amide bonds. The number of hydrogen-bond acceptors (Lipinski definition) is 1. The number of ether oxygens (including phenoxy) is 1. The number of halogens is 1. The Morgan fingerprint density at radius 2 is 2.14 bits per heavy atom. The van der Waals surface area contributed by atoms with Crippen molar-refractivity contribution < 1.29 is 9.13 Å². The van der Waals surface area contributed by atoms with Crippen molar-refractivity contribution in [3.05, 3.63) is 28.6 Å². The quantitative estimate of drug-likeness (QED) is 0.616. The molecular formula is C12H15FO. The second kappa shape index (κ2) is 3.26. The van der Waals surface area contributed by atoms with Crippen molar-refractivity contribution in [3.63, 3.8) is 0 Å². The molecule has 1 atom stereocenters. The minimum atomic E-state index is -0.127. The van der Waals surface area contributed by atoms with Crippen LogP contribution in [0, 0.1) is 19.7 Å². The standard InChI is InChI=1S/C12H15FO/c1-7-6-10-5-4-8(2)14-12(10)9(3)11(7)13/h6,8H,4-5H2,1-3H3. The molecule has 0 bridgehead atoms. The molecule has 0 aliphatic carbocycles. The van der Waals surface area contributed by atoms with E-state index in [1.165, 1.54) is 0 Å². The van der Waals surface area contributed by atoms with Crippen LogP contribution in [-0.4, -0.2) is 6.10 Å². The molecule has 1 aliphatic rings. The Morgan fingerprint density at radius 3 is 2.86 bits per heavy atom. The fraction of sp³-hybridized carbons (Fsp3) is 0.500. The van der Waals surface area contributed by atoms with E-state index in [9.17, 15) is 4.39 Å². The first-order valence-electron chi connectivity index (χ1n) is 5.05. The number of benzene rings is 1. The smallest absolute Gasteiger partial charge is 0.132 e. The van der Waals surface area contributed by atoms with E-state index in [0.717, 1.165) is 29.7 Å². The van der Waals surface area contributed by atoms with Crippen LogP contribution >= 0.6 is 0 Å². The second-order valence-corrected chi connectivity index (χ2v) is 4.09. The second-order valence-electron chi connectivity index (χ2n) is 4.09. The van der Waals surface area contributed by atoms with Gasteiger partial charge in [0.1, 0.15) is 11.6 Å². The van der Waals surface area contributed by atoms with Gasteiger partial charge in [-0.3, -0.25) is 0 Å². The predicted octanol–water partition coefficient (Wildman–Crippen LogP) is 3.16. The lowest BCUT2D eigenvalue weighted by molar-refractivity contribution is 0.190. The molecule has 1 aliphatic heterocycles. The molecule has 0 spiro atoms. The van der Waals surface area contributed by atoms with Crippen LogP contribution in [0.2, 0.25) is 0 Å². The first-order valence-corrected chi connectivity index (χ1v) is 5.05. The van der Waals surface area contributed by atoms with Crippen LogP contribution in [0.3, 0.4) is 0 Å². The summed E-state index contributed by atoms with van der Waals surface area (Å²) in [6, 6.07) is 1.91. The van der Waals surface area contributed by atoms with Gasteiger partial charge in [0, 0.05) is 5.56 Å². The van der Waals surface area contributed by atoms with Crippen LogP contribution in [0.5, 0.6) is 5.75 Å². The lowest BCUT2D eigenvalue weighted by atomic mass is 9.97. The summed E-state index contributed by atoms with van der Waals surface area (Å²) in [4.78, 5) is 0. The topological polar surface area (TPSA) is 9.23 Å². The molecule has 1 unspecified atom stereocenters. The van der Waals surface area contributed by atoms with E-state index < -0.39 is 0 Å². The molecule has 1 aromatic rings. The third kappa shape index (κ3) is 1.39. The monoisotopic (exact) mass is 194 g/mol. The van der Waals surface area contributed by atoms with Crippen molar-refractivity contribution in [2.45, 2.75) is 39.7 Å². The zero-order valence-corrected chi connectivity index (χ0v) is 8.86. The third-order valence-corrected chi connectivity index (χ3v) is 2.84. The Balaban J connectivity index is 2.55. The van der Waals surface area contributed by atoms with Crippen molar-refractivity contribution in [1.29, 1.82) is 0 Å². The average molecular weight is 194 g/mol. The van der Waals surface area contributed by atoms with Crippen LogP contribution in [0.1, 0.15) is 30.0 Å². The van der Waals surface area contributed by atoms with E-state index in [1.54, 1.807) is 13.8 Å². The van der Waals surface area contributed by atoms with Gasteiger partial charge < -0.3 is 4.74 Å². The summed E-state index contributed by atoms with van der Waals surface area (Å²) in [6.45, 7) is 5.62. The maximum atomic E-state index is 13.6. The summed E-state index contributed by atoms with van der Waals surface area (Å²) >= 11 is 0. The van der Waals surface area contributed by atoms with Crippen molar-refractivity contribution in [2.75, 3.05) is 0 Å². The molecule has 0 radical (unpaired) electrons. The molecule has 2 heteroatoms. The van der Waals surface area contributed by atoms with Gasteiger partial charge in [0.15, 0.2) is 0 Å². The molecule has 14 heavy (non-hydrogen) atoms. The van der Waals surface area contributed by atoms with Crippen LogP contribution in [-0.2, 0) is 6.42 Å². The van der Waals surface area contributed by atoms with Crippen LogP contribution in [0.15, 0.2) is 6.07 Å². The van der Waals surface area contributed by atoms with Gasteiger partial charge >= 0.3 is 0 Å². The first-order chi connectivity index (χ1) is 6.59. The molecular weight excluding hydrogens is 179 g/mol. The van der Waals surface area contributed by atoms with Gasteiger partial charge in [-0.05, 0) is 50.8 Å². The van der Waals surface area contributed by atoms with Crippen LogP contribution in [0.25, 0.3) is 0 Å². The van der Waals surface area contributed by atoms with E-state index in [4.69, 9.17) is 4.74 Å². The Labute approximate surface area is 83.9 Å². The largest absolute Gasteiger partial charge is 0.490 e. The minimum absolute atomic E-state index is 0.127. The maximum absolute atomic E-state index is 13.6. The van der Waals surface area contributed by atoms with Crippen molar-refractivity contribution in [1.82, 2.24) is 0 Å². The molecule has 1 aromatic carbocycles. The molecule has 0 fully saturated rings. The molecule has 0 aromatic heterocycles. The lowest BCUT2D eigenvalue weighted by Gasteiger charge is -2.25. The highest BCUT2D eigenvalue weighted by Crippen LogP contribution is 2.33. The van der Waals surface area contributed by atoms with Crippen molar-refractivity contribution in [2.24, 2.45) is 0 Å². The summed E-state index contributed by atoms with van der Waals surface area (Å²) in [5.41, 5.74) is 2.53. The highest BCUT2D eigenvalue weighted by molar-refractivity contribution is 5.46. The molecule has 1 nitrogen and oxygen atoms in total. The summed E-state index contributed by atoms with van der Waals surface area (Å²) in [5, 5.41) is 0. The first kappa shape index (κ1) is 9.50. The zero-order chi connectivity index (χ0) is 10.3. The third-order valence-electron chi connectivity index (χ3n) is 2.84. The van der Waals surface area contributed by atoms with E-state index in [0.29, 0.717) is 5.56 Å². The van der Waals surface area contributed by atoms with Crippen LogP contribution < -0.4 is 4.74 Å². The molecule has 76 valence electrons. The molecule has 0 saturated heterocycles. The maximum Gasteiger partial charge on any atom is 0.132 e. The number of rotatable bonds is 0. The van der Waals surface area contributed by atoms with Gasteiger partial charge in [-0.2, -0.15) is 0 Å². The zero-order valence-electron chi connectivity index (χ0n) is 8.86. The van der Waals surface area contributed by atoms with Gasteiger partial charge in [0.2, 0.25) is 0 Å². The Hall–Kier alpha value is -1.05. The van der Waals surface area contributed by atoms with Gasteiger partial charge in [-0.1, -0.05) is 0 Å². The fourth-order valence-electron chi connectivity index (χ4n) is 2.00. The highest BCUT2D eigenvalue weighted by atomic mass is 19.1. The fourth-order valence-corrected chi connectivity index (χ4v) is 2.00. The number of hydrogen-bond donors (Lipinski definition) is 0.